The summed E-state index contributed by atoms with van der Waals surface area (Å²) in [5, 5.41) is 4.75. The molecule has 0 fully saturated rings. The fourth-order valence-electron chi connectivity index (χ4n) is 3.59. The van der Waals surface area contributed by atoms with Gasteiger partial charge in [0.15, 0.2) is 0 Å². The Kier molecular flexibility index (Phi) is 4.74. The molecule has 1 heterocycles. The quantitative estimate of drug-likeness (QED) is 0.431. The zero-order valence-electron chi connectivity index (χ0n) is 15.1. The highest BCUT2D eigenvalue weighted by molar-refractivity contribution is 5.84. The average molecular weight is 340 g/mol. The summed E-state index contributed by atoms with van der Waals surface area (Å²) >= 11 is 0. The lowest BCUT2D eigenvalue weighted by atomic mass is 9.85. The summed E-state index contributed by atoms with van der Waals surface area (Å²) in [7, 11) is 0. The lowest BCUT2D eigenvalue weighted by Crippen LogP contribution is -2.04. The molecule has 4 aromatic rings. The molecule has 0 spiro atoms. The molecule has 2 nitrogen and oxygen atoms in total. The van der Waals surface area contributed by atoms with Crippen LogP contribution in [0.3, 0.4) is 0 Å². The van der Waals surface area contributed by atoms with Crippen molar-refractivity contribution < 1.29 is 0 Å². The third-order valence-corrected chi connectivity index (χ3v) is 4.89. The van der Waals surface area contributed by atoms with Gasteiger partial charge in [-0.1, -0.05) is 67.6 Å². The Morgan fingerprint density at radius 3 is 2.27 bits per heavy atom. The van der Waals surface area contributed by atoms with Gasteiger partial charge in [-0.2, -0.15) is 0 Å². The van der Waals surface area contributed by atoms with Crippen molar-refractivity contribution in [1.29, 1.82) is 0 Å². The fraction of sp³-hybridized carbons (Fsp3) is 0.167. The number of hydrogen-bond donors (Lipinski definition) is 2. The van der Waals surface area contributed by atoms with E-state index >= 15 is 0 Å². The van der Waals surface area contributed by atoms with Gasteiger partial charge < -0.3 is 10.3 Å². The van der Waals surface area contributed by atoms with Crippen LogP contribution in [0.2, 0.25) is 0 Å². The standard InChI is InChI=1S/C24H24N2/c1-2-16-25-20-14-12-19(13-15-20)24(18-8-4-3-5-9-18)22-17-26-23-11-7-6-10-21(22)23/h3-15,17,24-26H,2,16H2,1H3. The van der Waals surface area contributed by atoms with Gasteiger partial charge in [-0.15, -0.1) is 0 Å². The fourth-order valence-corrected chi connectivity index (χ4v) is 3.59. The predicted octanol–water partition coefficient (Wildman–Crippen LogP) is 6.17. The lowest BCUT2D eigenvalue weighted by Gasteiger charge is -2.19. The molecular formula is C24H24N2. The second-order valence-electron chi connectivity index (χ2n) is 6.68. The van der Waals surface area contributed by atoms with E-state index in [1.165, 1.54) is 33.3 Å². The van der Waals surface area contributed by atoms with Gasteiger partial charge in [-0.25, -0.2) is 0 Å². The van der Waals surface area contributed by atoms with E-state index in [1.807, 2.05) is 0 Å². The van der Waals surface area contributed by atoms with Crippen LogP contribution >= 0.6 is 0 Å². The number of hydrogen-bond acceptors (Lipinski definition) is 1. The minimum Gasteiger partial charge on any atom is -0.385 e. The minimum absolute atomic E-state index is 0.215. The summed E-state index contributed by atoms with van der Waals surface area (Å²) in [6.45, 7) is 3.19. The van der Waals surface area contributed by atoms with Crippen LogP contribution in [0.15, 0.2) is 85.1 Å². The van der Waals surface area contributed by atoms with Crippen LogP contribution < -0.4 is 5.32 Å². The van der Waals surface area contributed by atoms with Crippen molar-refractivity contribution in [3.8, 4) is 0 Å². The summed E-state index contributed by atoms with van der Waals surface area (Å²) < 4.78 is 0. The summed E-state index contributed by atoms with van der Waals surface area (Å²) in [6.07, 6.45) is 3.29. The van der Waals surface area contributed by atoms with E-state index in [4.69, 9.17) is 0 Å². The molecule has 0 amide bonds. The van der Waals surface area contributed by atoms with Crippen LogP contribution in [0.1, 0.15) is 36.0 Å². The maximum atomic E-state index is 3.46. The number of aromatic amines is 1. The Hall–Kier alpha value is -3.00. The molecule has 0 radical (unpaired) electrons. The van der Waals surface area contributed by atoms with Crippen molar-refractivity contribution in [2.45, 2.75) is 19.3 Å². The van der Waals surface area contributed by atoms with Gasteiger partial charge in [-0.05, 0) is 41.3 Å². The topological polar surface area (TPSA) is 27.8 Å². The maximum absolute atomic E-state index is 3.46. The molecule has 130 valence electrons. The summed E-state index contributed by atoms with van der Waals surface area (Å²) in [4.78, 5) is 3.44. The van der Waals surface area contributed by atoms with Crippen molar-refractivity contribution in [3.05, 3.63) is 102 Å². The Bertz CT molecular complexity index is 968. The first-order valence-electron chi connectivity index (χ1n) is 9.31. The molecule has 0 saturated carbocycles. The number of benzene rings is 3. The number of nitrogens with one attached hydrogen (secondary N) is 2. The molecule has 0 saturated heterocycles. The molecule has 2 heteroatoms. The van der Waals surface area contributed by atoms with Gasteiger partial charge in [0, 0.05) is 35.2 Å². The third-order valence-electron chi connectivity index (χ3n) is 4.89. The highest BCUT2D eigenvalue weighted by atomic mass is 14.9. The molecule has 1 atom stereocenters. The van der Waals surface area contributed by atoms with E-state index in [0.29, 0.717) is 0 Å². The van der Waals surface area contributed by atoms with Crippen molar-refractivity contribution in [3.63, 3.8) is 0 Å². The van der Waals surface area contributed by atoms with Crippen LogP contribution in [-0.2, 0) is 0 Å². The molecule has 0 aliphatic carbocycles. The minimum atomic E-state index is 0.215. The molecule has 0 bridgehead atoms. The summed E-state index contributed by atoms with van der Waals surface area (Å²) in [5.41, 5.74) is 6.31. The normalized spacial score (nSPS) is 12.2. The van der Waals surface area contributed by atoms with Gasteiger partial charge in [0.25, 0.3) is 0 Å². The lowest BCUT2D eigenvalue weighted by molar-refractivity contribution is 0.972. The van der Waals surface area contributed by atoms with Crippen LogP contribution in [0.5, 0.6) is 0 Å². The Morgan fingerprint density at radius 2 is 1.50 bits per heavy atom. The number of fused-ring (bicyclic) bond motifs is 1. The third kappa shape index (κ3) is 3.23. The molecule has 2 N–H and O–H groups in total. The first kappa shape index (κ1) is 16.5. The highest BCUT2D eigenvalue weighted by Gasteiger charge is 2.19. The maximum Gasteiger partial charge on any atom is 0.0457 e. The van der Waals surface area contributed by atoms with Gasteiger partial charge >= 0.3 is 0 Å². The van der Waals surface area contributed by atoms with Gasteiger partial charge in [0.1, 0.15) is 0 Å². The first-order valence-corrected chi connectivity index (χ1v) is 9.31. The van der Waals surface area contributed by atoms with E-state index in [9.17, 15) is 0 Å². The Morgan fingerprint density at radius 1 is 0.808 bits per heavy atom. The van der Waals surface area contributed by atoms with E-state index < -0.39 is 0 Å². The van der Waals surface area contributed by atoms with Crippen molar-refractivity contribution in [2.75, 3.05) is 11.9 Å². The Balaban J connectivity index is 1.79. The van der Waals surface area contributed by atoms with E-state index in [1.54, 1.807) is 0 Å². The number of H-pyrrole nitrogens is 1. The SMILES string of the molecule is CCCNc1ccc(C(c2ccccc2)c2c[nH]c3ccccc23)cc1. The molecule has 0 aliphatic heterocycles. The molecule has 4 rings (SSSR count). The van der Waals surface area contributed by atoms with E-state index in [0.717, 1.165) is 13.0 Å². The zero-order valence-corrected chi connectivity index (χ0v) is 15.1. The summed E-state index contributed by atoms with van der Waals surface area (Å²) in [5.74, 6) is 0.215. The monoisotopic (exact) mass is 340 g/mol. The molecule has 3 aromatic carbocycles. The van der Waals surface area contributed by atoms with Crippen LogP contribution in [0.25, 0.3) is 10.9 Å². The molecular weight excluding hydrogens is 316 g/mol. The van der Waals surface area contributed by atoms with Gasteiger partial charge in [0.2, 0.25) is 0 Å². The number of rotatable bonds is 6. The van der Waals surface area contributed by atoms with Gasteiger partial charge in [-0.3, -0.25) is 0 Å². The average Bonchev–Trinajstić information content (AvgIpc) is 3.12. The molecule has 26 heavy (non-hydrogen) atoms. The zero-order chi connectivity index (χ0) is 17.8. The van der Waals surface area contributed by atoms with Crippen molar-refractivity contribution in [2.24, 2.45) is 0 Å². The van der Waals surface area contributed by atoms with Crippen LogP contribution in [0, 0.1) is 0 Å². The smallest absolute Gasteiger partial charge is 0.0457 e. The van der Waals surface area contributed by atoms with E-state index in [2.05, 4.69) is 102 Å². The Labute approximate surface area is 154 Å². The van der Waals surface area contributed by atoms with Gasteiger partial charge in [0.05, 0.1) is 0 Å². The predicted molar refractivity (Wildman–Crippen MR) is 111 cm³/mol. The number of para-hydroxylation sites is 1. The second kappa shape index (κ2) is 7.49. The second-order valence-corrected chi connectivity index (χ2v) is 6.68. The van der Waals surface area contributed by atoms with Crippen molar-refractivity contribution >= 4 is 16.6 Å². The van der Waals surface area contributed by atoms with Crippen molar-refractivity contribution in [1.82, 2.24) is 4.98 Å². The summed E-state index contributed by atoms with van der Waals surface area (Å²) in [6, 6.07) is 28.2. The largest absolute Gasteiger partial charge is 0.385 e. The number of anilines is 1. The molecule has 1 aromatic heterocycles. The van der Waals surface area contributed by atoms with Crippen LogP contribution in [0.4, 0.5) is 5.69 Å². The molecule has 0 aliphatic rings. The van der Waals surface area contributed by atoms with E-state index in [-0.39, 0.29) is 5.92 Å². The highest BCUT2D eigenvalue weighted by Crippen LogP contribution is 2.36. The first-order chi connectivity index (χ1) is 12.9. The molecule has 1 unspecified atom stereocenters. The number of aromatic nitrogens is 1. The van der Waals surface area contributed by atoms with Crippen LogP contribution in [-0.4, -0.2) is 11.5 Å².